The summed E-state index contributed by atoms with van der Waals surface area (Å²) in [6, 6.07) is 3.40. The van der Waals surface area contributed by atoms with Crippen LogP contribution >= 0.6 is 39.1 Å². The van der Waals surface area contributed by atoms with E-state index in [1.807, 2.05) is 13.1 Å². The highest BCUT2D eigenvalue weighted by atomic mass is 79.9. The summed E-state index contributed by atoms with van der Waals surface area (Å²) in [7, 11) is 0. The van der Waals surface area contributed by atoms with Crippen LogP contribution in [0.25, 0.3) is 0 Å². The normalized spacial score (nSPS) is 10.9. The van der Waals surface area contributed by atoms with Crippen LogP contribution in [0.5, 0.6) is 5.75 Å². The van der Waals surface area contributed by atoms with Gasteiger partial charge in [0.2, 0.25) is 0 Å². The lowest BCUT2D eigenvalue weighted by atomic mass is 10.3. The van der Waals surface area contributed by atoms with Gasteiger partial charge in [-0.05, 0) is 28.5 Å². The lowest BCUT2D eigenvalue weighted by molar-refractivity contribution is 0.290. The van der Waals surface area contributed by atoms with Crippen LogP contribution in [0.3, 0.4) is 0 Å². The van der Waals surface area contributed by atoms with Crippen molar-refractivity contribution in [1.82, 2.24) is 20.3 Å². The van der Waals surface area contributed by atoms with Gasteiger partial charge in [-0.3, -0.25) is 0 Å². The summed E-state index contributed by atoms with van der Waals surface area (Å²) in [5.41, 5.74) is 0.904. The number of hydrogen-bond acceptors (Lipinski definition) is 4. The summed E-state index contributed by atoms with van der Waals surface area (Å²) in [6.45, 7) is 4.68. The monoisotopic (exact) mass is 392 g/mol. The van der Waals surface area contributed by atoms with Crippen LogP contribution in [-0.4, -0.2) is 28.1 Å². The maximum atomic E-state index is 6.09. The fraction of sp³-hybridized carbons (Fsp3) is 0.385. The molecular weight excluding hydrogens is 379 g/mol. The van der Waals surface area contributed by atoms with E-state index in [0.29, 0.717) is 35.5 Å². The zero-order valence-electron chi connectivity index (χ0n) is 11.4. The Morgan fingerprint density at radius 3 is 2.90 bits per heavy atom. The first-order valence-electron chi connectivity index (χ1n) is 6.47. The molecule has 0 saturated heterocycles. The van der Waals surface area contributed by atoms with Crippen molar-refractivity contribution in [2.45, 2.75) is 20.0 Å². The summed E-state index contributed by atoms with van der Waals surface area (Å²) in [5, 5.41) is 12.4. The van der Waals surface area contributed by atoms with E-state index in [-0.39, 0.29) is 0 Å². The largest absolute Gasteiger partial charge is 0.490 e. The molecule has 5 nitrogen and oxygen atoms in total. The predicted molar refractivity (Wildman–Crippen MR) is 87.1 cm³/mol. The SMILES string of the molecule is CCNCc1cn(CCOc2cc(Cl)c(Br)cc2Cl)nn1. The van der Waals surface area contributed by atoms with Gasteiger partial charge in [0.25, 0.3) is 0 Å². The van der Waals surface area contributed by atoms with Gasteiger partial charge in [0.15, 0.2) is 0 Å². The van der Waals surface area contributed by atoms with Crippen LogP contribution in [0.1, 0.15) is 12.6 Å². The number of rotatable bonds is 7. The number of aromatic nitrogens is 3. The molecule has 0 aliphatic heterocycles. The van der Waals surface area contributed by atoms with Gasteiger partial charge >= 0.3 is 0 Å². The molecule has 1 aromatic heterocycles. The van der Waals surface area contributed by atoms with E-state index >= 15 is 0 Å². The van der Waals surface area contributed by atoms with Gasteiger partial charge in [-0.2, -0.15) is 0 Å². The van der Waals surface area contributed by atoms with Crippen molar-refractivity contribution in [2.24, 2.45) is 0 Å². The molecule has 1 N–H and O–H groups in total. The lowest BCUT2D eigenvalue weighted by Crippen LogP contribution is -2.12. The minimum absolute atomic E-state index is 0.432. The predicted octanol–water partition coefficient (Wildman–Crippen LogP) is 3.54. The molecule has 114 valence electrons. The molecule has 2 aromatic rings. The van der Waals surface area contributed by atoms with Crippen molar-refractivity contribution >= 4 is 39.1 Å². The quantitative estimate of drug-likeness (QED) is 0.731. The highest BCUT2D eigenvalue weighted by molar-refractivity contribution is 9.10. The summed E-state index contributed by atoms with van der Waals surface area (Å²) >= 11 is 15.4. The second-order valence-corrected chi connectivity index (χ2v) is 5.97. The van der Waals surface area contributed by atoms with E-state index in [4.69, 9.17) is 27.9 Å². The van der Waals surface area contributed by atoms with Crippen LogP contribution in [0, 0.1) is 0 Å². The van der Waals surface area contributed by atoms with Crippen LogP contribution in [-0.2, 0) is 13.1 Å². The number of ether oxygens (including phenoxy) is 1. The molecule has 0 atom stereocenters. The molecule has 0 unspecified atom stereocenters. The van der Waals surface area contributed by atoms with Gasteiger partial charge in [-0.1, -0.05) is 35.3 Å². The van der Waals surface area contributed by atoms with E-state index < -0.39 is 0 Å². The third kappa shape index (κ3) is 4.85. The molecule has 0 saturated carbocycles. The molecule has 8 heteroatoms. The van der Waals surface area contributed by atoms with Crippen molar-refractivity contribution in [3.8, 4) is 5.75 Å². The Hall–Kier alpha value is -0.820. The maximum Gasteiger partial charge on any atom is 0.139 e. The molecule has 2 rings (SSSR count). The third-order valence-corrected chi connectivity index (χ3v) is 4.19. The maximum absolute atomic E-state index is 6.09. The fourth-order valence-corrected chi connectivity index (χ4v) is 2.49. The van der Waals surface area contributed by atoms with Gasteiger partial charge in [0, 0.05) is 23.3 Å². The highest BCUT2D eigenvalue weighted by Gasteiger charge is 2.07. The third-order valence-electron chi connectivity index (χ3n) is 2.69. The van der Waals surface area contributed by atoms with Gasteiger partial charge < -0.3 is 10.1 Å². The Balaban J connectivity index is 1.87. The average Bonchev–Trinajstić information content (AvgIpc) is 2.90. The zero-order chi connectivity index (χ0) is 15.2. The summed E-state index contributed by atoms with van der Waals surface area (Å²) in [4.78, 5) is 0. The zero-order valence-corrected chi connectivity index (χ0v) is 14.5. The van der Waals surface area contributed by atoms with Crippen LogP contribution in [0.2, 0.25) is 10.0 Å². The fourth-order valence-electron chi connectivity index (χ4n) is 1.65. The van der Waals surface area contributed by atoms with E-state index in [1.54, 1.807) is 16.8 Å². The second kappa shape index (κ2) is 7.98. The number of hydrogen-bond donors (Lipinski definition) is 1. The number of nitrogens with zero attached hydrogens (tertiary/aromatic N) is 3. The highest BCUT2D eigenvalue weighted by Crippen LogP contribution is 2.33. The smallest absolute Gasteiger partial charge is 0.139 e. The molecule has 0 bridgehead atoms. The van der Waals surface area contributed by atoms with Gasteiger partial charge in [-0.15, -0.1) is 5.10 Å². The Kier molecular flexibility index (Phi) is 6.29. The Morgan fingerprint density at radius 2 is 2.14 bits per heavy atom. The van der Waals surface area contributed by atoms with Crippen molar-refractivity contribution in [3.05, 3.63) is 38.5 Å². The van der Waals surface area contributed by atoms with E-state index in [2.05, 4.69) is 31.6 Å². The molecule has 0 radical (unpaired) electrons. The Labute approximate surface area is 141 Å². The van der Waals surface area contributed by atoms with Crippen LogP contribution in [0.15, 0.2) is 22.8 Å². The Bertz CT molecular complexity index is 606. The number of benzene rings is 1. The molecule has 0 fully saturated rings. The topological polar surface area (TPSA) is 52.0 Å². The first kappa shape index (κ1) is 16.5. The van der Waals surface area contributed by atoms with Gasteiger partial charge in [0.1, 0.15) is 12.4 Å². The summed E-state index contributed by atoms with van der Waals surface area (Å²) in [5.74, 6) is 0.554. The molecule has 0 aliphatic carbocycles. The van der Waals surface area contributed by atoms with Crippen molar-refractivity contribution in [1.29, 1.82) is 0 Å². The molecule has 1 aromatic carbocycles. The van der Waals surface area contributed by atoms with Crippen LogP contribution < -0.4 is 10.1 Å². The summed E-state index contributed by atoms with van der Waals surface area (Å²) < 4.78 is 8.10. The minimum Gasteiger partial charge on any atom is -0.490 e. The molecule has 1 heterocycles. The average molecular weight is 394 g/mol. The van der Waals surface area contributed by atoms with Crippen LogP contribution in [0.4, 0.5) is 0 Å². The molecule has 0 spiro atoms. The van der Waals surface area contributed by atoms with E-state index in [1.165, 1.54) is 0 Å². The summed E-state index contributed by atoms with van der Waals surface area (Å²) in [6.07, 6.45) is 1.89. The lowest BCUT2D eigenvalue weighted by Gasteiger charge is -2.09. The van der Waals surface area contributed by atoms with Crippen molar-refractivity contribution < 1.29 is 4.74 Å². The molecule has 0 aliphatic rings. The van der Waals surface area contributed by atoms with Crippen molar-refractivity contribution in [2.75, 3.05) is 13.2 Å². The number of halogens is 3. The first-order valence-corrected chi connectivity index (χ1v) is 8.02. The van der Waals surface area contributed by atoms with E-state index in [9.17, 15) is 0 Å². The van der Waals surface area contributed by atoms with E-state index in [0.717, 1.165) is 16.7 Å². The molecule has 21 heavy (non-hydrogen) atoms. The minimum atomic E-state index is 0.432. The van der Waals surface area contributed by atoms with Crippen molar-refractivity contribution in [3.63, 3.8) is 0 Å². The standard InChI is InChI=1S/C13H15BrCl2N4O/c1-2-17-7-9-8-20(19-18-9)3-4-21-13-6-11(15)10(14)5-12(13)16/h5-6,8,17H,2-4,7H2,1H3. The Morgan fingerprint density at radius 1 is 1.33 bits per heavy atom. The van der Waals surface area contributed by atoms with Gasteiger partial charge in [-0.25, -0.2) is 4.68 Å². The molecular formula is C13H15BrCl2N4O. The number of nitrogens with one attached hydrogen (secondary N) is 1. The second-order valence-electron chi connectivity index (χ2n) is 4.30. The molecule has 0 amide bonds. The van der Waals surface area contributed by atoms with Gasteiger partial charge in [0.05, 0.1) is 22.3 Å². The first-order chi connectivity index (χ1) is 10.1.